The Labute approximate surface area is 109 Å². The van der Waals surface area contributed by atoms with Crippen LogP contribution in [0.1, 0.15) is 51.4 Å². The van der Waals surface area contributed by atoms with Crippen LogP contribution in [0.2, 0.25) is 0 Å². The summed E-state index contributed by atoms with van der Waals surface area (Å²) in [6, 6.07) is 0. The van der Waals surface area contributed by atoms with Crippen LogP contribution in [0.4, 0.5) is 0 Å². The van der Waals surface area contributed by atoms with E-state index in [1.807, 2.05) is 0 Å². The summed E-state index contributed by atoms with van der Waals surface area (Å²) in [5.74, 6) is 0.433. The zero-order valence-corrected chi connectivity index (χ0v) is 11.8. The van der Waals surface area contributed by atoms with Gasteiger partial charge >= 0.3 is 0 Å². The molecule has 17 heavy (non-hydrogen) atoms. The van der Waals surface area contributed by atoms with Crippen LogP contribution in [-0.4, -0.2) is 25.6 Å². The first-order chi connectivity index (χ1) is 8.08. The lowest BCUT2D eigenvalue weighted by molar-refractivity contribution is 0.361. The summed E-state index contributed by atoms with van der Waals surface area (Å²) < 4.78 is 26.8. The zero-order chi connectivity index (χ0) is 12.3. The van der Waals surface area contributed by atoms with E-state index >= 15 is 0 Å². The van der Waals surface area contributed by atoms with Crippen LogP contribution in [0.3, 0.4) is 0 Å². The number of halogens is 1. The van der Waals surface area contributed by atoms with E-state index in [0.717, 1.165) is 51.4 Å². The largest absolute Gasteiger partial charge is 0.215 e. The summed E-state index contributed by atoms with van der Waals surface area (Å²) >= 11 is 6.11. The average Bonchev–Trinajstić information content (AvgIpc) is 2.81. The van der Waals surface area contributed by atoms with E-state index in [0.29, 0.717) is 12.5 Å². The second-order valence-corrected chi connectivity index (χ2v) is 8.09. The Bertz CT molecular complexity index is 338. The van der Waals surface area contributed by atoms with E-state index in [2.05, 4.69) is 4.72 Å². The van der Waals surface area contributed by atoms with Crippen LogP contribution >= 0.6 is 11.6 Å². The van der Waals surface area contributed by atoms with E-state index < -0.39 is 10.0 Å². The van der Waals surface area contributed by atoms with Crippen LogP contribution in [0.15, 0.2) is 0 Å². The maximum atomic E-state index is 12.0. The summed E-state index contributed by atoms with van der Waals surface area (Å²) in [6.07, 6.45) is 8.04. The van der Waals surface area contributed by atoms with Gasteiger partial charge in [-0.3, -0.25) is 0 Å². The highest BCUT2D eigenvalue weighted by Gasteiger charge is 2.29. The minimum Gasteiger partial charge on any atom is -0.215 e. The highest BCUT2D eigenvalue weighted by molar-refractivity contribution is 7.90. The summed E-state index contributed by atoms with van der Waals surface area (Å²) in [6.45, 7) is 0.585. The van der Waals surface area contributed by atoms with Gasteiger partial charge in [0.2, 0.25) is 10.0 Å². The highest BCUT2D eigenvalue weighted by atomic mass is 35.5. The van der Waals surface area contributed by atoms with Crippen LogP contribution < -0.4 is 4.72 Å². The normalized spacial score (nSPS) is 31.8. The van der Waals surface area contributed by atoms with E-state index in [1.165, 1.54) is 0 Å². The molecule has 0 heterocycles. The van der Waals surface area contributed by atoms with Gasteiger partial charge in [-0.05, 0) is 38.0 Å². The maximum Gasteiger partial charge on any atom is 0.214 e. The Balaban J connectivity index is 1.80. The quantitative estimate of drug-likeness (QED) is 0.804. The fraction of sp³-hybridized carbons (Fsp3) is 1.00. The second kappa shape index (κ2) is 5.89. The molecular weight excluding hydrogens is 258 g/mol. The van der Waals surface area contributed by atoms with Crippen molar-refractivity contribution >= 4 is 21.6 Å². The first-order valence-electron chi connectivity index (χ1n) is 6.70. The molecule has 0 radical (unpaired) electrons. The Morgan fingerprint density at radius 2 is 1.76 bits per heavy atom. The number of hydrogen-bond acceptors (Lipinski definition) is 2. The van der Waals surface area contributed by atoms with Gasteiger partial charge < -0.3 is 0 Å². The van der Waals surface area contributed by atoms with Crippen molar-refractivity contribution in [3.63, 3.8) is 0 Å². The number of rotatable bonds is 4. The molecule has 2 fully saturated rings. The highest BCUT2D eigenvalue weighted by Crippen LogP contribution is 2.28. The zero-order valence-electron chi connectivity index (χ0n) is 10.2. The van der Waals surface area contributed by atoms with Crippen molar-refractivity contribution in [2.45, 2.75) is 62.0 Å². The molecule has 0 amide bonds. The maximum absolute atomic E-state index is 12.0. The first kappa shape index (κ1) is 13.6. The first-order valence-corrected chi connectivity index (χ1v) is 8.69. The molecule has 100 valence electrons. The van der Waals surface area contributed by atoms with Crippen molar-refractivity contribution < 1.29 is 8.42 Å². The van der Waals surface area contributed by atoms with Crippen LogP contribution in [-0.2, 0) is 10.0 Å². The van der Waals surface area contributed by atoms with E-state index in [4.69, 9.17) is 11.6 Å². The number of nitrogens with one attached hydrogen (secondary N) is 1. The number of sulfonamides is 1. The molecule has 0 aromatic carbocycles. The van der Waals surface area contributed by atoms with Gasteiger partial charge in [0.25, 0.3) is 0 Å². The molecule has 3 nitrogen and oxygen atoms in total. The predicted molar refractivity (Wildman–Crippen MR) is 70.8 cm³/mol. The SMILES string of the molecule is O=S(=O)(NCC1CCCC(Cl)C1)C1CCCC1. The molecule has 0 bridgehead atoms. The van der Waals surface area contributed by atoms with Gasteiger partial charge in [-0.25, -0.2) is 13.1 Å². The fourth-order valence-corrected chi connectivity index (χ4v) is 5.03. The van der Waals surface area contributed by atoms with E-state index in [1.54, 1.807) is 0 Å². The van der Waals surface area contributed by atoms with Gasteiger partial charge in [0, 0.05) is 11.9 Å². The predicted octanol–water partition coefficient (Wildman–Crippen LogP) is 2.65. The molecule has 5 heteroatoms. The van der Waals surface area contributed by atoms with Crippen molar-refractivity contribution in [2.24, 2.45) is 5.92 Å². The summed E-state index contributed by atoms with van der Waals surface area (Å²) in [7, 11) is -3.07. The van der Waals surface area contributed by atoms with Crippen molar-refractivity contribution in [1.29, 1.82) is 0 Å². The van der Waals surface area contributed by atoms with Crippen LogP contribution in [0.25, 0.3) is 0 Å². The van der Waals surface area contributed by atoms with Gasteiger partial charge in [0.15, 0.2) is 0 Å². The molecule has 0 aromatic rings. The topological polar surface area (TPSA) is 46.2 Å². The third-order valence-corrected chi connectivity index (χ3v) is 6.35. The van der Waals surface area contributed by atoms with Gasteiger partial charge in [-0.2, -0.15) is 0 Å². The molecule has 2 atom stereocenters. The molecular formula is C12H22ClNO2S. The number of hydrogen-bond donors (Lipinski definition) is 1. The molecule has 2 rings (SSSR count). The van der Waals surface area contributed by atoms with Crippen molar-refractivity contribution in [1.82, 2.24) is 4.72 Å². The Hall–Kier alpha value is 0.200. The number of alkyl halides is 1. The van der Waals surface area contributed by atoms with Gasteiger partial charge in [0.1, 0.15) is 0 Å². The molecule has 1 N–H and O–H groups in total. The Morgan fingerprint density at radius 1 is 1.06 bits per heavy atom. The molecule has 0 aliphatic heterocycles. The lowest BCUT2D eigenvalue weighted by Crippen LogP contribution is -2.37. The molecule has 2 aliphatic carbocycles. The minimum absolute atomic E-state index is 0.141. The molecule has 0 spiro atoms. The van der Waals surface area contributed by atoms with Crippen molar-refractivity contribution in [2.75, 3.05) is 6.54 Å². The Kier molecular flexibility index (Phi) is 4.72. The Morgan fingerprint density at radius 3 is 2.41 bits per heavy atom. The molecule has 2 saturated carbocycles. The van der Waals surface area contributed by atoms with Gasteiger partial charge in [-0.15, -0.1) is 11.6 Å². The van der Waals surface area contributed by atoms with E-state index in [-0.39, 0.29) is 10.6 Å². The lowest BCUT2D eigenvalue weighted by atomic mass is 9.89. The third-order valence-electron chi connectivity index (χ3n) is 4.03. The molecule has 2 aliphatic rings. The van der Waals surface area contributed by atoms with E-state index in [9.17, 15) is 8.42 Å². The second-order valence-electron chi connectivity index (χ2n) is 5.43. The van der Waals surface area contributed by atoms with Gasteiger partial charge in [-0.1, -0.05) is 19.3 Å². The summed E-state index contributed by atoms with van der Waals surface area (Å²) in [5.41, 5.74) is 0. The average molecular weight is 280 g/mol. The van der Waals surface area contributed by atoms with Crippen LogP contribution in [0.5, 0.6) is 0 Å². The summed E-state index contributed by atoms with van der Waals surface area (Å²) in [5, 5.41) is 0.0997. The lowest BCUT2D eigenvalue weighted by Gasteiger charge is -2.26. The van der Waals surface area contributed by atoms with Crippen molar-refractivity contribution in [3.8, 4) is 0 Å². The standard InChI is InChI=1S/C12H22ClNO2S/c13-11-5-3-4-10(8-11)9-14-17(15,16)12-6-1-2-7-12/h10-12,14H,1-9H2. The van der Waals surface area contributed by atoms with Crippen molar-refractivity contribution in [3.05, 3.63) is 0 Å². The summed E-state index contributed by atoms with van der Waals surface area (Å²) in [4.78, 5) is 0. The fourth-order valence-electron chi connectivity index (χ4n) is 2.96. The molecule has 0 saturated heterocycles. The molecule has 2 unspecified atom stereocenters. The van der Waals surface area contributed by atoms with Crippen LogP contribution in [0, 0.1) is 5.92 Å². The monoisotopic (exact) mass is 279 g/mol. The minimum atomic E-state index is -3.07. The third kappa shape index (κ3) is 3.83. The smallest absolute Gasteiger partial charge is 0.214 e. The van der Waals surface area contributed by atoms with Gasteiger partial charge in [0.05, 0.1) is 5.25 Å². The molecule has 0 aromatic heterocycles.